The fraction of sp³-hybridized carbons (Fsp3) is 0.519. The van der Waals surface area contributed by atoms with Gasteiger partial charge in [0.05, 0.1) is 11.5 Å². The van der Waals surface area contributed by atoms with E-state index in [1.54, 1.807) is 38.1 Å². The fourth-order valence-electron chi connectivity index (χ4n) is 4.49. The minimum atomic E-state index is -4.01. The molecule has 2 aromatic rings. The van der Waals surface area contributed by atoms with Gasteiger partial charge in [0.15, 0.2) is 6.21 Å². The van der Waals surface area contributed by atoms with Crippen LogP contribution in [-0.4, -0.2) is 42.1 Å². The lowest BCUT2D eigenvalue weighted by molar-refractivity contribution is -0.357. The Kier molecular flexibility index (Phi) is 7.60. The summed E-state index contributed by atoms with van der Waals surface area (Å²) < 4.78 is 36.9. The van der Waals surface area contributed by atoms with E-state index in [1.807, 2.05) is 45.9 Å². The van der Waals surface area contributed by atoms with Gasteiger partial charge in [0.2, 0.25) is 15.7 Å². The standard InChI is InChI=1S/C27H38N2O4S/c1-18(2)21-14-24(19(3)4)26(25(15-21)20(5)6)34(31,32)29-23(17-33-27(29,7)8)16-28(30)22-12-10-9-11-13-22/h9-16,18-20,23H,17H2,1-8H3/b28-16-/t23-/m1/s1. The van der Waals surface area contributed by atoms with Crippen LogP contribution in [0.25, 0.3) is 0 Å². The zero-order valence-electron chi connectivity index (χ0n) is 21.6. The first-order valence-electron chi connectivity index (χ1n) is 12.0. The van der Waals surface area contributed by atoms with Gasteiger partial charge in [-0.15, -0.1) is 0 Å². The molecule has 6 nitrogen and oxygen atoms in total. The van der Waals surface area contributed by atoms with Crippen LogP contribution in [0, 0.1) is 5.21 Å². The highest BCUT2D eigenvalue weighted by atomic mass is 32.2. The predicted molar refractivity (Wildman–Crippen MR) is 137 cm³/mol. The van der Waals surface area contributed by atoms with Gasteiger partial charge >= 0.3 is 0 Å². The van der Waals surface area contributed by atoms with E-state index in [2.05, 4.69) is 13.8 Å². The summed E-state index contributed by atoms with van der Waals surface area (Å²) in [5, 5.41) is 12.9. The van der Waals surface area contributed by atoms with Crippen LogP contribution in [0.4, 0.5) is 5.69 Å². The maximum absolute atomic E-state index is 14.4. The first-order valence-corrected chi connectivity index (χ1v) is 13.4. The van der Waals surface area contributed by atoms with Gasteiger partial charge in [-0.3, -0.25) is 0 Å². The lowest BCUT2D eigenvalue weighted by Gasteiger charge is -2.33. The molecule has 0 bridgehead atoms. The second-order valence-electron chi connectivity index (χ2n) is 10.4. The summed E-state index contributed by atoms with van der Waals surface area (Å²) in [7, 11) is -4.01. The van der Waals surface area contributed by atoms with Crippen molar-refractivity contribution < 1.29 is 17.9 Å². The molecule has 1 atom stereocenters. The molecule has 0 N–H and O–H groups in total. The predicted octanol–water partition coefficient (Wildman–Crippen LogP) is 6.10. The van der Waals surface area contributed by atoms with Gasteiger partial charge in [-0.25, -0.2) is 8.42 Å². The monoisotopic (exact) mass is 486 g/mol. The van der Waals surface area contributed by atoms with Crippen LogP contribution < -0.4 is 0 Å². The number of nitrogens with zero attached hydrogens (tertiary/aromatic N) is 2. The smallest absolute Gasteiger partial charge is 0.246 e. The Morgan fingerprint density at radius 3 is 2.00 bits per heavy atom. The Bertz CT molecular complexity index is 1120. The van der Waals surface area contributed by atoms with Gasteiger partial charge in [-0.1, -0.05) is 71.9 Å². The Balaban J connectivity index is 2.22. The third-order valence-electron chi connectivity index (χ3n) is 6.35. The number of benzene rings is 2. The number of sulfonamides is 1. The van der Waals surface area contributed by atoms with E-state index >= 15 is 0 Å². The van der Waals surface area contributed by atoms with Crippen LogP contribution in [-0.2, 0) is 14.8 Å². The van der Waals surface area contributed by atoms with E-state index in [1.165, 1.54) is 10.5 Å². The van der Waals surface area contributed by atoms with Crippen molar-refractivity contribution in [3.05, 3.63) is 64.4 Å². The molecule has 0 saturated carbocycles. The quantitative estimate of drug-likeness (QED) is 0.205. The molecule has 186 valence electrons. The molecule has 1 aliphatic rings. The molecule has 3 rings (SSSR count). The van der Waals surface area contributed by atoms with E-state index < -0.39 is 21.8 Å². The van der Waals surface area contributed by atoms with Crippen molar-refractivity contribution in [2.45, 2.75) is 89.8 Å². The second kappa shape index (κ2) is 9.80. The highest BCUT2D eigenvalue weighted by molar-refractivity contribution is 7.89. The van der Waals surface area contributed by atoms with Gasteiger partial charge in [-0.05, 0) is 48.3 Å². The van der Waals surface area contributed by atoms with Crippen LogP contribution in [0.3, 0.4) is 0 Å². The maximum atomic E-state index is 14.4. The zero-order valence-corrected chi connectivity index (χ0v) is 22.4. The van der Waals surface area contributed by atoms with E-state index in [0.717, 1.165) is 21.4 Å². The number of ether oxygens (including phenoxy) is 1. The van der Waals surface area contributed by atoms with E-state index in [9.17, 15) is 13.6 Å². The van der Waals surface area contributed by atoms with Crippen LogP contribution in [0.1, 0.15) is 89.8 Å². The van der Waals surface area contributed by atoms with Crippen molar-refractivity contribution in [3.8, 4) is 0 Å². The Hall–Kier alpha value is -2.22. The summed E-state index contributed by atoms with van der Waals surface area (Å²) >= 11 is 0. The third-order valence-corrected chi connectivity index (χ3v) is 8.57. The molecule has 1 heterocycles. The normalized spacial score (nSPS) is 19.5. The van der Waals surface area contributed by atoms with Gasteiger partial charge < -0.3 is 9.94 Å². The molecular formula is C27H38N2O4S. The Labute approximate surface area is 204 Å². The Morgan fingerprint density at radius 1 is 1.00 bits per heavy atom. The topological polar surface area (TPSA) is 72.7 Å². The molecule has 2 aromatic carbocycles. The molecule has 0 aliphatic carbocycles. The van der Waals surface area contributed by atoms with E-state index in [4.69, 9.17) is 4.74 Å². The number of hydrogen-bond acceptors (Lipinski definition) is 4. The summed E-state index contributed by atoms with van der Waals surface area (Å²) in [6.07, 6.45) is 1.40. The minimum Gasteiger partial charge on any atom is -0.618 e. The number of hydrogen-bond donors (Lipinski definition) is 0. The van der Waals surface area contributed by atoms with Gasteiger partial charge in [-0.2, -0.15) is 9.04 Å². The Morgan fingerprint density at radius 2 is 1.53 bits per heavy atom. The summed E-state index contributed by atoms with van der Waals surface area (Å²) in [5.41, 5.74) is 2.08. The van der Waals surface area contributed by atoms with Gasteiger partial charge in [0, 0.05) is 12.1 Å². The van der Waals surface area contributed by atoms with Crippen molar-refractivity contribution in [3.63, 3.8) is 0 Å². The largest absolute Gasteiger partial charge is 0.618 e. The zero-order chi connectivity index (χ0) is 25.4. The van der Waals surface area contributed by atoms with E-state index in [-0.39, 0.29) is 24.4 Å². The fourth-order valence-corrected chi connectivity index (χ4v) is 6.98. The van der Waals surface area contributed by atoms with Crippen molar-refractivity contribution in [2.24, 2.45) is 0 Å². The molecule has 0 aromatic heterocycles. The minimum absolute atomic E-state index is 0.00960. The first kappa shape index (κ1) is 26.4. The molecule has 0 amide bonds. The van der Waals surface area contributed by atoms with Crippen molar-refractivity contribution in [1.82, 2.24) is 4.31 Å². The highest BCUT2D eigenvalue weighted by Crippen LogP contribution is 2.41. The van der Waals surface area contributed by atoms with Gasteiger partial charge in [0.1, 0.15) is 11.8 Å². The van der Waals surface area contributed by atoms with Crippen molar-refractivity contribution in [1.29, 1.82) is 0 Å². The molecule has 0 unspecified atom stereocenters. The maximum Gasteiger partial charge on any atom is 0.246 e. The summed E-state index contributed by atoms with van der Waals surface area (Å²) in [6.45, 7) is 15.9. The summed E-state index contributed by atoms with van der Waals surface area (Å²) in [5.74, 6) is 0.296. The SMILES string of the molecule is CC(C)c1cc(C(C)C)c(S(=O)(=O)N2[C@H](/C=[N+](\[O-])c3ccccc3)COC2(C)C)c(C(C)C)c1. The lowest BCUT2D eigenvalue weighted by atomic mass is 9.89. The van der Waals surface area contributed by atoms with Crippen LogP contribution >= 0.6 is 0 Å². The number of rotatable bonds is 7. The van der Waals surface area contributed by atoms with Crippen LogP contribution in [0.2, 0.25) is 0 Å². The number of para-hydroxylation sites is 1. The third kappa shape index (κ3) is 5.07. The lowest BCUT2D eigenvalue weighted by Crippen LogP contribution is -2.49. The first-order chi connectivity index (χ1) is 15.8. The average Bonchev–Trinajstić information content (AvgIpc) is 3.07. The molecule has 0 radical (unpaired) electrons. The second-order valence-corrected chi connectivity index (χ2v) is 12.2. The molecule has 1 aliphatic heterocycles. The van der Waals surface area contributed by atoms with Crippen LogP contribution in [0.5, 0.6) is 0 Å². The molecule has 1 saturated heterocycles. The van der Waals surface area contributed by atoms with Gasteiger partial charge in [0.25, 0.3) is 0 Å². The summed E-state index contributed by atoms with van der Waals surface area (Å²) in [6, 6.07) is 12.1. The summed E-state index contributed by atoms with van der Waals surface area (Å²) in [4.78, 5) is 0.344. The molecule has 0 spiro atoms. The highest BCUT2D eigenvalue weighted by Gasteiger charge is 2.50. The van der Waals surface area contributed by atoms with Crippen LogP contribution in [0.15, 0.2) is 47.4 Å². The van der Waals surface area contributed by atoms with E-state index in [0.29, 0.717) is 10.6 Å². The molecule has 34 heavy (non-hydrogen) atoms. The average molecular weight is 487 g/mol. The molecular weight excluding hydrogens is 448 g/mol. The molecule has 1 fully saturated rings. The van der Waals surface area contributed by atoms with Crippen molar-refractivity contribution in [2.75, 3.05) is 6.61 Å². The molecule has 7 heteroatoms. The van der Waals surface area contributed by atoms with Crippen molar-refractivity contribution >= 4 is 21.9 Å².